The van der Waals surface area contributed by atoms with Crippen LogP contribution in [0, 0.1) is 17.3 Å². The van der Waals surface area contributed by atoms with Gasteiger partial charge in [0.15, 0.2) is 57.3 Å². The van der Waals surface area contributed by atoms with Crippen LogP contribution < -0.4 is 9.47 Å². The molecule has 5 unspecified atom stereocenters. The molecular weight excluding hydrogens is 1930 g/mol. The number of benzene rings is 9. The number of methoxy groups -OCH3 is 2. The zero-order chi connectivity index (χ0) is 92.4. The van der Waals surface area contributed by atoms with E-state index in [1.54, 1.807) is 35.7 Å². The number of thioether (sulfide) groups is 2. The van der Waals surface area contributed by atoms with Crippen molar-refractivity contribution in [1.29, 1.82) is 0 Å². The summed E-state index contributed by atoms with van der Waals surface area (Å²) in [5.74, 6) is -8.11. The van der Waals surface area contributed by atoms with Crippen LogP contribution in [0.5, 0.6) is 17.2 Å². The molecule has 0 radical (unpaired) electrons. The maximum absolute atomic E-state index is 12.8. The molecule has 4 bridgehead atoms. The van der Waals surface area contributed by atoms with E-state index in [0.29, 0.717) is 81.2 Å². The second-order valence-electron chi connectivity index (χ2n) is 28.4. The molecule has 0 amide bonds. The maximum atomic E-state index is 12.8. The molecule has 3 N–H and O–H groups in total. The van der Waals surface area contributed by atoms with Crippen LogP contribution in [0.3, 0.4) is 0 Å². The first-order chi connectivity index (χ1) is 60.7. The van der Waals surface area contributed by atoms with Gasteiger partial charge >= 0.3 is 65.4 Å². The molecule has 6 aliphatic rings. The van der Waals surface area contributed by atoms with Crippen molar-refractivity contribution < 1.29 is 131 Å². The van der Waals surface area contributed by atoms with Crippen LogP contribution in [0.4, 0.5) is 30.7 Å². The van der Waals surface area contributed by atoms with Crippen LogP contribution in [0.25, 0.3) is 0 Å². The highest BCUT2D eigenvalue weighted by atomic mass is 35.5. The highest BCUT2D eigenvalue weighted by Gasteiger charge is 2.58. The van der Waals surface area contributed by atoms with Gasteiger partial charge in [0, 0.05) is 37.9 Å². The summed E-state index contributed by atoms with van der Waals surface area (Å²) in [7, 11) is 1.58. The number of rotatable bonds is 25. The third-order valence-electron chi connectivity index (χ3n) is 18.5. The number of phenols is 1. The molecule has 0 spiro atoms. The number of hydrogen-bond donors (Lipinski definition) is 4. The molecule has 15 rings (SSSR count). The average Bonchev–Trinajstić information content (AvgIpc) is 0.728. The first-order valence-corrected chi connectivity index (χ1v) is 46.9. The summed E-state index contributed by atoms with van der Waals surface area (Å²) in [4.78, 5) is 75.6. The lowest BCUT2D eigenvalue weighted by molar-refractivity contribution is -0.197. The molecule has 706 valence electrons. The number of aliphatic hydroxyl groups is 1. The first-order valence-electron chi connectivity index (χ1n) is 39.1. The van der Waals surface area contributed by atoms with Crippen molar-refractivity contribution in [3.63, 3.8) is 0 Å². The van der Waals surface area contributed by atoms with Gasteiger partial charge in [0.1, 0.15) is 23.1 Å². The highest BCUT2D eigenvalue weighted by molar-refractivity contribution is 7.99. The number of carboxylic acid groups (broad SMARTS) is 1. The van der Waals surface area contributed by atoms with E-state index >= 15 is 0 Å². The maximum Gasteiger partial charge on any atom is 0.490 e. The van der Waals surface area contributed by atoms with E-state index in [4.69, 9.17) is 67.8 Å². The molecule has 39 heteroatoms. The molecular formula is C91H100Cl4F7O21S7+3. The molecule has 21 nitrogen and oxygen atoms in total. The van der Waals surface area contributed by atoms with Crippen molar-refractivity contribution in [2.24, 2.45) is 17.3 Å². The fraction of sp³-hybridized carbons (Fsp3) is 0.341. The molecule has 9 aromatic rings. The second kappa shape index (κ2) is 58.6. The number of aromatic hydroxyl groups is 1. The summed E-state index contributed by atoms with van der Waals surface area (Å²) in [6.07, 6.45) is -1.22. The zero-order valence-corrected chi connectivity index (χ0v) is 79.5. The Hall–Kier alpha value is -8.37. The molecule has 2 heterocycles. The number of carbonyl (C=O) groups excluding carboxylic acids is 5. The van der Waals surface area contributed by atoms with E-state index in [9.17, 15) is 69.7 Å². The summed E-state index contributed by atoms with van der Waals surface area (Å²) in [6, 6.07) is 86.0. The molecule has 0 aromatic heterocycles. The molecule has 2 saturated heterocycles. The summed E-state index contributed by atoms with van der Waals surface area (Å²) >= 11 is 12.0. The Labute approximate surface area is 799 Å². The molecule has 6 fully saturated rings. The number of ether oxygens (including phenoxy) is 10. The van der Waals surface area contributed by atoms with Crippen molar-refractivity contribution in [2.45, 2.75) is 139 Å². The minimum absolute atomic E-state index is 0. The summed E-state index contributed by atoms with van der Waals surface area (Å²) in [6.45, 7) is 1.85. The van der Waals surface area contributed by atoms with Gasteiger partial charge in [0.2, 0.25) is 18.9 Å². The van der Waals surface area contributed by atoms with Gasteiger partial charge in [-0.25, -0.2) is 24.0 Å². The highest BCUT2D eigenvalue weighted by Crippen LogP contribution is 2.62. The van der Waals surface area contributed by atoms with Gasteiger partial charge in [-0.1, -0.05) is 109 Å². The standard InChI is InChI=1S/C24H23O4S2.C23H22O4S2.C18H14OS.C14H20F2O3.C6H9ClO3S.C3H3F3O2.C3H4F2O2.3ClH.O2S/c25-23(28-24-18-29-16-15-26-24)17-27-19-11-13-22(14-12-19)30(20-7-3-1-4-8-20)21-9-5-2-6-10-21;1-25-23(17-28)27-22(24)16-26-18-12-14-21(15-13-18)29(19-8-4-2-5-9-19)20-10-6-3-7-11-20;19-15-11-13-18(14-12-15)20(16-7-3-1-4-8-16)17-9-5-2-6-10-17;1-12(15,16)11(17)19-8-13-3-9-2-10(4-13)6-14(18,5-9)7-13;7-3-5(8)10-6-4-11-2-1-9-6;1-8-2(7)3(4,5)6;1-3(4,5)2(6)7;;;;1-3-2/h1-14,24H,15-18H2;2-15,23H,16-17H2,1H3;1-14H;9-10,18H,2-8H2,1H3;6H,1-4H2;1H3;1H3,(H,6,7);3*1H;/q+1;;;;;;;;;;/p+2. The Kier molecular flexibility index (Phi) is 51.4. The fourth-order valence-corrected chi connectivity index (χ4v) is 21.6. The number of phenolic OH excluding ortho intramolecular Hbond substituents is 1. The summed E-state index contributed by atoms with van der Waals surface area (Å²) in [5, 5.41) is 27.5. The minimum Gasteiger partial charge on any atom is -0.508 e. The Morgan fingerprint density at radius 3 is 1.10 bits per heavy atom. The predicted octanol–water partition coefficient (Wildman–Crippen LogP) is 19.3. The zero-order valence-electron chi connectivity index (χ0n) is 70.5. The quantitative estimate of drug-likeness (QED) is 0.00786. The number of carboxylic acids is 1. The van der Waals surface area contributed by atoms with E-state index in [-0.39, 0.29) is 113 Å². The molecule has 5 atom stereocenters. The molecule has 4 saturated carbocycles. The number of hydrogen-bond acceptors (Lipinski definition) is 23. The van der Waals surface area contributed by atoms with Gasteiger partial charge in [-0.2, -0.15) is 75.3 Å². The lowest BCUT2D eigenvalue weighted by atomic mass is 9.48. The van der Waals surface area contributed by atoms with Crippen molar-refractivity contribution in [1.82, 2.24) is 0 Å². The van der Waals surface area contributed by atoms with Crippen molar-refractivity contribution in [2.75, 3.05) is 81.9 Å². The van der Waals surface area contributed by atoms with E-state index < -0.39 is 83.6 Å². The van der Waals surface area contributed by atoms with Gasteiger partial charge in [-0.3, -0.25) is 4.79 Å². The Morgan fingerprint density at radius 1 is 0.508 bits per heavy atom. The van der Waals surface area contributed by atoms with E-state index in [1.165, 1.54) is 51.2 Å². The second-order valence-corrected chi connectivity index (χ2v) is 37.6. The van der Waals surface area contributed by atoms with Gasteiger partial charge in [-0.15, -0.1) is 48.8 Å². The van der Waals surface area contributed by atoms with Gasteiger partial charge < -0.3 is 62.7 Å². The molecule has 4 aliphatic carbocycles. The Balaban J connectivity index is 0.000000330. The number of halogens is 11. The predicted molar refractivity (Wildman–Crippen MR) is 496 cm³/mol. The molecule has 130 heavy (non-hydrogen) atoms. The van der Waals surface area contributed by atoms with Crippen LogP contribution in [0.15, 0.2) is 299 Å². The van der Waals surface area contributed by atoms with Crippen LogP contribution in [-0.2, 0) is 111 Å². The Morgan fingerprint density at radius 2 is 0.831 bits per heavy atom. The number of aliphatic carboxylic acids is 1. The number of thiol groups is 1. The smallest absolute Gasteiger partial charge is 0.490 e. The molecule has 9 aromatic carbocycles. The van der Waals surface area contributed by atoms with Gasteiger partial charge in [0.05, 0.1) is 82.5 Å². The third-order valence-corrected chi connectivity index (χ3v) is 27.6. The first kappa shape index (κ1) is 114. The lowest BCUT2D eigenvalue weighted by Crippen LogP contribution is -2.57. The minimum atomic E-state index is -4.85. The van der Waals surface area contributed by atoms with E-state index in [1.807, 2.05) is 84.9 Å². The number of carbonyl (C=O) groups is 6. The van der Waals surface area contributed by atoms with Gasteiger partial charge in [0.25, 0.3) is 0 Å². The average molecular weight is 2030 g/mol. The van der Waals surface area contributed by atoms with Crippen LogP contribution in [0.2, 0.25) is 0 Å². The van der Waals surface area contributed by atoms with Crippen molar-refractivity contribution >= 4 is 165 Å². The third kappa shape index (κ3) is 39.8. The van der Waals surface area contributed by atoms with E-state index in [2.05, 4.69) is 175 Å². The van der Waals surface area contributed by atoms with Crippen molar-refractivity contribution in [3.05, 3.63) is 255 Å². The number of esters is 5. The van der Waals surface area contributed by atoms with Crippen molar-refractivity contribution in [3.8, 4) is 17.2 Å². The van der Waals surface area contributed by atoms with Crippen LogP contribution in [0.1, 0.15) is 52.4 Å². The molecule has 2 aliphatic heterocycles. The fourth-order valence-electron chi connectivity index (χ4n) is 13.6. The normalized spacial score (nSPS) is 18.0. The van der Waals surface area contributed by atoms with Gasteiger partial charge in [-0.05, 0) is 196 Å². The summed E-state index contributed by atoms with van der Waals surface area (Å²) < 4.78 is 148. The largest absolute Gasteiger partial charge is 0.508 e. The monoisotopic (exact) mass is 2030 g/mol. The van der Waals surface area contributed by atoms with Crippen LogP contribution in [-0.4, -0.2) is 184 Å². The Bertz CT molecular complexity index is 4680. The SMILES string of the molecule is CC(F)(F)C(=O)O.CC(F)(F)C(=O)OCC12CC3CC(CC(O)(C3)C1)C2.COC(=O)C(F)(F)F.COC(CS)OC(=O)COc1ccc([S+](c2ccccc2)c2ccccc2)cc1.Cl.Cl.Cl.O=C(CCl)OC1CSCCO1.O=C(COc1ccc([S+](c2ccccc2)c2ccccc2)cc1)OC1CSCCO1.O=S=O.Oc1ccc([S+](c2ccccc2)c2ccccc2)cc1. The topological polar surface area (TPSA) is 290 Å². The lowest BCUT2D eigenvalue weighted by Gasteiger charge is -2.59. The van der Waals surface area contributed by atoms with E-state index in [0.717, 1.165) is 43.6 Å². The van der Waals surface area contributed by atoms with Crippen LogP contribution >= 0.6 is 85.0 Å². The summed E-state index contributed by atoms with van der Waals surface area (Å²) in [5.41, 5.74) is -0.912. The number of alkyl halides is 8.